The minimum absolute atomic E-state index is 0.0133. The molecule has 0 bridgehead atoms. The molecule has 6 nitrogen and oxygen atoms in total. The van der Waals surface area contributed by atoms with Gasteiger partial charge >= 0.3 is 0 Å². The number of hydrogen-bond donors (Lipinski definition) is 2. The summed E-state index contributed by atoms with van der Waals surface area (Å²) in [7, 11) is 1.68. The molecule has 1 aliphatic heterocycles. The van der Waals surface area contributed by atoms with Crippen LogP contribution in [-0.2, 0) is 14.3 Å². The van der Waals surface area contributed by atoms with Crippen molar-refractivity contribution in [3.05, 3.63) is 0 Å². The van der Waals surface area contributed by atoms with Crippen LogP contribution in [0.4, 0.5) is 0 Å². The van der Waals surface area contributed by atoms with E-state index < -0.39 is 5.54 Å². The molecule has 1 saturated carbocycles. The van der Waals surface area contributed by atoms with Gasteiger partial charge in [0.1, 0.15) is 5.54 Å². The van der Waals surface area contributed by atoms with Crippen molar-refractivity contribution in [3.8, 4) is 0 Å². The first-order valence-electron chi connectivity index (χ1n) is 8.40. The molecule has 0 spiro atoms. The van der Waals surface area contributed by atoms with Crippen LogP contribution in [-0.4, -0.2) is 55.6 Å². The number of carbonyl (C=O) groups is 2. The molecule has 6 heteroatoms. The fourth-order valence-corrected chi connectivity index (χ4v) is 3.57. The van der Waals surface area contributed by atoms with E-state index in [1.807, 2.05) is 0 Å². The number of nitrogens with zero attached hydrogens (tertiary/aromatic N) is 1. The average molecular weight is 311 g/mol. The highest BCUT2D eigenvalue weighted by Gasteiger charge is 2.40. The van der Waals surface area contributed by atoms with Crippen molar-refractivity contribution in [1.82, 2.24) is 10.2 Å². The first-order valence-corrected chi connectivity index (χ1v) is 8.40. The molecule has 1 saturated heterocycles. The Bertz CT molecular complexity index is 392. The van der Waals surface area contributed by atoms with Gasteiger partial charge in [-0.15, -0.1) is 0 Å². The Hall–Kier alpha value is -1.14. The topological polar surface area (TPSA) is 84.7 Å². The largest absolute Gasteiger partial charge is 0.383 e. The summed E-state index contributed by atoms with van der Waals surface area (Å²) in [5.74, 6) is -0.436. The lowest BCUT2D eigenvalue weighted by Crippen LogP contribution is -2.58. The second-order valence-electron chi connectivity index (χ2n) is 6.63. The zero-order valence-electron chi connectivity index (χ0n) is 13.6. The third-order valence-corrected chi connectivity index (χ3v) is 5.05. The van der Waals surface area contributed by atoms with E-state index in [0.29, 0.717) is 19.4 Å². The molecule has 0 unspecified atom stereocenters. The van der Waals surface area contributed by atoms with Gasteiger partial charge in [-0.3, -0.25) is 9.59 Å². The molecule has 0 aromatic carbocycles. The van der Waals surface area contributed by atoms with E-state index in [1.54, 1.807) is 7.11 Å². The predicted molar refractivity (Wildman–Crippen MR) is 84.2 cm³/mol. The van der Waals surface area contributed by atoms with Crippen molar-refractivity contribution in [3.63, 3.8) is 0 Å². The van der Waals surface area contributed by atoms with Crippen LogP contribution in [0.1, 0.15) is 44.9 Å². The van der Waals surface area contributed by atoms with Gasteiger partial charge in [0.25, 0.3) is 0 Å². The molecule has 1 aliphatic carbocycles. The van der Waals surface area contributed by atoms with Gasteiger partial charge in [0.15, 0.2) is 0 Å². The smallest absolute Gasteiger partial charge is 0.243 e. The lowest BCUT2D eigenvalue weighted by atomic mass is 9.88. The lowest BCUT2D eigenvalue weighted by molar-refractivity contribution is -0.134. The van der Waals surface area contributed by atoms with E-state index in [2.05, 4.69) is 10.2 Å². The van der Waals surface area contributed by atoms with Crippen molar-refractivity contribution in [2.75, 3.05) is 33.4 Å². The predicted octanol–water partition coefficient (Wildman–Crippen LogP) is 0.649. The summed E-state index contributed by atoms with van der Waals surface area (Å²) in [6.45, 7) is 3.18. The zero-order chi connectivity index (χ0) is 16.0. The fraction of sp³-hybridized carbons (Fsp3) is 0.875. The second kappa shape index (κ2) is 7.92. The van der Waals surface area contributed by atoms with E-state index in [0.717, 1.165) is 51.7 Å². The Labute approximate surface area is 132 Å². The molecule has 2 fully saturated rings. The van der Waals surface area contributed by atoms with Crippen LogP contribution in [0.3, 0.4) is 0 Å². The minimum Gasteiger partial charge on any atom is -0.383 e. The Morgan fingerprint density at radius 1 is 1.27 bits per heavy atom. The zero-order valence-corrected chi connectivity index (χ0v) is 13.6. The lowest BCUT2D eigenvalue weighted by Gasteiger charge is -2.31. The third kappa shape index (κ3) is 4.20. The van der Waals surface area contributed by atoms with Crippen LogP contribution in [0, 0.1) is 5.92 Å². The Morgan fingerprint density at radius 2 is 1.95 bits per heavy atom. The number of rotatable bonds is 6. The number of amides is 2. The van der Waals surface area contributed by atoms with Gasteiger partial charge in [-0.05, 0) is 25.8 Å². The molecule has 0 aromatic heterocycles. The highest BCUT2D eigenvalue weighted by atomic mass is 16.5. The number of hydrogen-bond acceptors (Lipinski definition) is 4. The fourth-order valence-electron chi connectivity index (χ4n) is 3.57. The minimum atomic E-state index is -0.826. The van der Waals surface area contributed by atoms with Crippen LogP contribution >= 0.6 is 0 Å². The molecule has 2 amide bonds. The van der Waals surface area contributed by atoms with Crippen LogP contribution < -0.4 is 11.1 Å². The molecule has 22 heavy (non-hydrogen) atoms. The second-order valence-corrected chi connectivity index (χ2v) is 6.63. The van der Waals surface area contributed by atoms with Crippen molar-refractivity contribution < 1.29 is 14.3 Å². The Kier molecular flexibility index (Phi) is 6.20. The molecule has 1 atom stereocenters. The van der Waals surface area contributed by atoms with Gasteiger partial charge in [-0.25, -0.2) is 0 Å². The van der Waals surface area contributed by atoms with Crippen molar-refractivity contribution in [1.29, 1.82) is 0 Å². The normalized spacial score (nSPS) is 25.6. The standard InChI is InChI=1S/C16H29N3O3/c1-22-11-10-19-9-6-13(12-19)14(20)18-16(15(17)21)7-4-2-3-5-8-16/h13H,2-12H2,1H3,(H2,17,21)(H,18,20)/t13-/m1/s1. The Balaban J connectivity index is 1.93. The molecule has 0 radical (unpaired) electrons. The van der Waals surface area contributed by atoms with E-state index in [1.165, 1.54) is 0 Å². The van der Waals surface area contributed by atoms with Crippen molar-refractivity contribution >= 4 is 11.8 Å². The van der Waals surface area contributed by atoms with Crippen molar-refractivity contribution in [2.24, 2.45) is 11.7 Å². The van der Waals surface area contributed by atoms with E-state index in [9.17, 15) is 9.59 Å². The maximum Gasteiger partial charge on any atom is 0.243 e. The van der Waals surface area contributed by atoms with E-state index in [4.69, 9.17) is 10.5 Å². The SMILES string of the molecule is COCCN1CC[C@@H](C(=O)NC2(C(N)=O)CCCCCC2)C1. The van der Waals surface area contributed by atoms with Gasteiger partial charge in [0, 0.05) is 20.2 Å². The number of ether oxygens (including phenoxy) is 1. The number of nitrogens with two attached hydrogens (primary N) is 1. The summed E-state index contributed by atoms with van der Waals surface area (Å²) in [6.07, 6.45) is 6.31. The van der Waals surface area contributed by atoms with Gasteiger partial charge in [0.05, 0.1) is 12.5 Å². The third-order valence-electron chi connectivity index (χ3n) is 5.05. The number of primary amides is 1. The quantitative estimate of drug-likeness (QED) is 0.705. The highest BCUT2D eigenvalue weighted by molar-refractivity contribution is 5.91. The summed E-state index contributed by atoms with van der Waals surface area (Å²) in [5.41, 5.74) is 4.81. The van der Waals surface area contributed by atoms with E-state index >= 15 is 0 Å². The van der Waals surface area contributed by atoms with Crippen LogP contribution in [0.2, 0.25) is 0 Å². The number of carbonyl (C=O) groups excluding carboxylic acids is 2. The van der Waals surface area contributed by atoms with Crippen molar-refractivity contribution in [2.45, 2.75) is 50.5 Å². The first kappa shape index (κ1) is 17.2. The molecular formula is C16H29N3O3. The Morgan fingerprint density at radius 3 is 2.55 bits per heavy atom. The van der Waals surface area contributed by atoms with Crippen LogP contribution in [0.5, 0.6) is 0 Å². The summed E-state index contributed by atoms with van der Waals surface area (Å²) >= 11 is 0. The van der Waals surface area contributed by atoms with Gasteiger partial charge in [-0.2, -0.15) is 0 Å². The monoisotopic (exact) mass is 311 g/mol. The molecular weight excluding hydrogens is 282 g/mol. The number of nitrogens with one attached hydrogen (secondary N) is 1. The maximum absolute atomic E-state index is 12.6. The molecule has 0 aromatic rings. The van der Waals surface area contributed by atoms with E-state index in [-0.39, 0.29) is 17.7 Å². The van der Waals surface area contributed by atoms with Crippen LogP contribution in [0.15, 0.2) is 0 Å². The first-order chi connectivity index (χ1) is 10.6. The highest BCUT2D eigenvalue weighted by Crippen LogP contribution is 2.28. The average Bonchev–Trinajstić information content (AvgIpc) is 2.84. The maximum atomic E-state index is 12.6. The molecule has 126 valence electrons. The number of likely N-dealkylation sites (tertiary alicyclic amines) is 1. The van der Waals surface area contributed by atoms with Gasteiger partial charge < -0.3 is 20.7 Å². The molecule has 3 N–H and O–H groups in total. The summed E-state index contributed by atoms with van der Waals surface area (Å²) in [6, 6.07) is 0. The summed E-state index contributed by atoms with van der Waals surface area (Å²) in [5, 5.41) is 3.02. The molecule has 1 heterocycles. The molecule has 2 aliphatic rings. The van der Waals surface area contributed by atoms with Crippen LogP contribution in [0.25, 0.3) is 0 Å². The van der Waals surface area contributed by atoms with Gasteiger partial charge in [0.2, 0.25) is 11.8 Å². The van der Waals surface area contributed by atoms with Gasteiger partial charge in [-0.1, -0.05) is 25.7 Å². The molecule has 2 rings (SSSR count). The summed E-state index contributed by atoms with van der Waals surface area (Å²) < 4.78 is 5.08. The summed E-state index contributed by atoms with van der Waals surface area (Å²) in [4.78, 5) is 26.8. The number of methoxy groups -OCH3 is 1.